The van der Waals surface area contributed by atoms with Gasteiger partial charge in [-0.05, 0) is 35.6 Å². The van der Waals surface area contributed by atoms with Gasteiger partial charge < -0.3 is 9.47 Å². The van der Waals surface area contributed by atoms with E-state index in [2.05, 4.69) is 90.4 Å². The zero-order chi connectivity index (χ0) is 18.0. The highest BCUT2D eigenvalue weighted by Gasteiger charge is 2.78. The summed E-state index contributed by atoms with van der Waals surface area (Å²) in [4.78, 5) is 0.306. The Morgan fingerprint density at radius 1 is 0.808 bits per heavy atom. The Morgan fingerprint density at radius 3 is 1.85 bits per heavy atom. The molecule has 0 unspecified atom stereocenters. The van der Waals surface area contributed by atoms with Gasteiger partial charge in [-0.1, -0.05) is 83.5 Å². The number of rotatable bonds is 2. The van der Waals surface area contributed by atoms with E-state index in [1.54, 1.807) is 0 Å². The lowest BCUT2D eigenvalue weighted by Gasteiger charge is -2.42. The van der Waals surface area contributed by atoms with Crippen LogP contribution in [0.5, 0.6) is 0 Å². The normalized spacial score (nSPS) is 34.8. The fraction of sp³-hybridized carbons (Fsp3) is 0.391. The maximum absolute atomic E-state index is 6.47. The number of ether oxygens (including phenoxy) is 2. The lowest BCUT2D eigenvalue weighted by Crippen LogP contribution is -2.50. The minimum absolute atomic E-state index is 0.195. The Labute approximate surface area is 163 Å². The molecule has 3 atom stereocenters. The van der Waals surface area contributed by atoms with Gasteiger partial charge in [0.2, 0.25) is 0 Å². The molecule has 2 aromatic rings. The molecule has 0 N–H and O–H groups in total. The third-order valence-electron chi connectivity index (χ3n) is 6.76. The Balaban J connectivity index is 1.87. The van der Waals surface area contributed by atoms with Crippen molar-refractivity contribution in [1.82, 2.24) is 0 Å². The zero-order valence-electron chi connectivity index (χ0n) is 15.2. The summed E-state index contributed by atoms with van der Waals surface area (Å²) in [6, 6.07) is 21.5. The smallest absolute Gasteiger partial charge is 0.188 e. The molecule has 0 radical (unpaired) electrons. The molecular formula is C23H23BrO2. The summed E-state index contributed by atoms with van der Waals surface area (Å²) in [7, 11) is 0. The predicted molar refractivity (Wildman–Crippen MR) is 108 cm³/mol. The minimum Gasteiger partial charge on any atom is -0.346 e. The van der Waals surface area contributed by atoms with E-state index in [0.717, 1.165) is 6.42 Å². The molecule has 1 heterocycles. The van der Waals surface area contributed by atoms with Crippen molar-refractivity contribution in [2.75, 3.05) is 13.2 Å². The van der Waals surface area contributed by atoms with Crippen LogP contribution in [0.15, 0.2) is 60.7 Å². The standard InChI is InChI=1S/C23H23BrO2/c1-21-15-18(24)22(2,23(21)25-13-14-26-23)20(17-11-7-4-8-12-17)19(21)16-9-5-3-6-10-16/h3-12,18H,13-15H2,1-2H3/t18-,21-,22+/m1/s1. The molecule has 3 heteroatoms. The fourth-order valence-corrected chi connectivity index (χ4v) is 6.92. The van der Waals surface area contributed by atoms with E-state index >= 15 is 0 Å². The topological polar surface area (TPSA) is 18.5 Å². The second-order valence-electron chi connectivity index (χ2n) is 8.00. The van der Waals surface area contributed by atoms with Gasteiger partial charge in [0.05, 0.1) is 18.6 Å². The quantitative estimate of drug-likeness (QED) is 0.605. The molecular weight excluding hydrogens is 388 g/mol. The molecule has 1 saturated heterocycles. The van der Waals surface area contributed by atoms with Gasteiger partial charge >= 0.3 is 0 Å². The molecule has 1 aliphatic heterocycles. The summed E-state index contributed by atoms with van der Waals surface area (Å²) >= 11 is 4.02. The number of alkyl halides is 1. The fourth-order valence-electron chi connectivity index (χ4n) is 5.75. The highest BCUT2D eigenvalue weighted by atomic mass is 79.9. The average molecular weight is 411 g/mol. The molecule has 2 nitrogen and oxygen atoms in total. The van der Waals surface area contributed by atoms with Gasteiger partial charge in [0.1, 0.15) is 0 Å². The summed E-state index contributed by atoms with van der Waals surface area (Å²) in [5.74, 6) is -0.607. The third-order valence-corrected chi connectivity index (χ3v) is 8.00. The second-order valence-corrected chi connectivity index (χ2v) is 9.11. The van der Waals surface area contributed by atoms with Crippen molar-refractivity contribution < 1.29 is 9.47 Å². The Hall–Kier alpha value is -1.42. The SMILES string of the molecule is C[C@@]12C[C@@H](Br)[C@@](C)(C(c3ccccc3)=C1c1ccccc1)C21OCCO1. The van der Waals surface area contributed by atoms with Crippen LogP contribution in [0.1, 0.15) is 31.4 Å². The Kier molecular flexibility index (Phi) is 3.57. The van der Waals surface area contributed by atoms with Crippen molar-refractivity contribution in [1.29, 1.82) is 0 Å². The third kappa shape index (κ3) is 1.79. The van der Waals surface area contributed by atoms with Gasteiger partial charge in [-0.25, -0.2) is 0 Å². The van der Waals surface area contributed by atoms with Gasteiger partial charge in [-0.3, -0.25) is 0 Å². The van der Waals surface area contributed by atoms with E-state index in [9.17, 15) is 0 Å². The van der Waals surface area contributed by atoms with Crippen LogP contribution >= 0.6 is 15.9 Å². The van der Waals surface area contributed by atoms with Crippen molar-refractivity contribution in [2.45, 2.75) is 30.9 Å². The van der Waals surface area contributed by atoms with Gasteiger partial charge in [0.25, 0.3) is 0 Å². The van der Waals surface area contributed by atoms with Crippen LogP contribution < -0.4 is 0 Å². The van der Waals surface area contributed by atoms with Crippen LogP contribution in [0, 0.1) is 10.8 Å². The van der Waals surface area contributed by atoms with Crippen LogP contribution in [0.3, 0.4) is 0 Å². The van der Waals surface area contributed by atoms with Crippen LogP contribution in [0.25, 0.3) is 11.1 Å². The first kappa shape index (κ1) is 16.7. The largest absolute Gasteiger partial charge is 0.346 e. The number of hydrogen-bond donors (Lipinski definition) is 0. The van der Waals surface area contributed by atoms with Crippen LogP contribution in [0.2, 0.25) is 0 Å². The highest BCUT2D eigenvalue weighted by molar-refractivity contribution is 9.09. The summed E-state index contributed by atoms with van der Waals surface area (Å²) < 4.78 is 12.9. The molecule has 1 spiro atoms. The molecule has 2 bridgehead atoms. The summed E-state index contributed by atoms with van der Waals surface area (Å²) in [5.41, 5.74) is 4.84. The van der Waals surface area contributed by atoms with Crippen LogP contribution in [-0.4, -0.2) is 23.8 Å². The first-order valence-corrected chi connectivity index (χ1v) is 10.2. The van der Waals surface area contributed by atoms with Crippen molar-refractivity contribution in [2.24, 2.45) is 10.8 Å². The molecule has 2 aliphatic carbocycles. The van der Waals surface area contributed by atoms with Crippen molar-refractivity contribution in [3.05, 3.63) is 71.8 Å². The van der Waals surface area contributed by atoms with E-state index < -0.39 is 5.79 Å². The van der Waals surface area contributed by atoms with Crippen molar-refractivity contribution in [3.8, 4) is 0 Å². The summed E-state index contributed by atoms with van der Waals surface area (Å²) in [5, 5.41) is 0. The molecule has 0 amide bonds. The minimum atomic E-state index is -0.607. The average Bonchev–Trinajstić information content (AvgIpc) is 3.27. The lowest BCUT2D eigenvalue weighted by atomic mass is 9.73. The number of benzene rings is 2. The summed E-state index contributed by atoms with van der Waals surface area (Å²) in [6.07, 6.45) is 1.00. The second kappa shape index (κ2) is 5.54. The zero-order valence-corrected chi connectivity index (χ0v) is 16.8. The first-order valence-electron chi connectivity index (χ1n) is 9.33. The Morgan fingerprint density at radius 2 is 1.31 bits per heavy atom. The molecule has 5 rings (SSSR count). The monoisotopic (exact) mass is 410 g/mol. The lowest BCUT2D eigenvalue weighted by molar-refractivity contribution is -0.232. The Bertz CT molecular complexity index is 870. The van der Waals surface area contributed by atoms with Crippen molar-refractivity contribution in [3.63, 3.8) is 0 Å². The van der Waals surface area contributed by atoms with E-state index in [1.807, 2.05) is 0 Å². The van der Waals surface area contributed by atoms with Crippen LogP contribution in [-0.2, 0) is 9.47 Å². The van der Waals surface area contributed by atoms with Crippen LogP contribution in [0.4, 0.5) is 0 Å². The van der Waals surface area contributed by atoms with Gasteiger partial charge in [0, 0.05) is 10.2 Å². The molecule has 134 valence electrons. The highest BCUT2D eigenvalue weighted by Crippen LogP contribution is 2.77. The molecule has 3 aliphatic rings. The molecule has 1 saturated carbocycles. The first-order chi connectivity index (χ1) is 12.5. The molecule has 26 heavy (non-hydrogen) atoms. The number of hydrogen-bond acceptors (Lipinski definition) is 2. The predicted octanol–water partition coefficient (Wildman–Crippen LogP) is 5.53. The van der Waals surface area contributed by atoms with Crippen molar-refractivity contribution >= 4 is 27.1 Å². The maximum Gasteiger partial charge on any atom is 0.188 e. The maximum atomic E-state index is 6.47. The van der Waals surface area contributed by atoms with E-state index in [1.165, 1.54) is 22.3 Å². The van der Waals surface area contributed by atoms with Gasteiger partial charge in [-0.15, -0.1) is 0 Å². The summed E-state index contributed by atoms with van der Waals surface area (Å²) in [6.45, 7) is 5.97. The molecule has 2 aromatic carbocycles. The molecule has 2 fully saturated rings. The van der Waals surface area contributed by atoms with Gasteiger partial charge in [0.15, 0.2) is 5.79 Å². The van der Waals surface area contributed by atoms with E-state index in [-0.39, 0.29) is 10.8 Å². The van der Waals surface area contributed by atoms with E-state index in [4.69, 9.17) is 9.47 Å². The van der Waals surface area contributed by atoms with Gasteiger partial charge in [-0.2, -0.15) is 0 Å². The molecule has 0 aromatic heterocycles. The number of halogens is 1. The van der Waals surface area contributed by atoms with E-state index in [0.29, 0.717) is 18.0 Å².